The molecule has 2 N–H and O–H groups in total. The third kappa shape index (κ3) is 5.07. The number of anilines is 1. The summed E-state index contributed by atoms with van der Waals surface area (Å²) in [6, 6.07) is 24.2. The van der Waals surface area contributed by atoms with Crippen molar-refractivity contribution in [2.24, 2.45) is 0 Å². The first-order valence-electron chi connectivity index (χ1n) is 9.36. The van der Waals surface area contributed by atoms with E-state index < -0.39 is 0 Å². The summed E-state index contributed by atoms with van der Waals surface area (Å²) in [6.45, 7) is 4.69. The fraction of sp³-hybridized carbons (Fsp3) is 0.167. The van der Waals surface area contributed by atoms with Crippen LogP contribution in [0.1, 0.15) is 51.6 Å². The SMILES string of the molecule is CC(C)c1ccc(C(=O)Nc2cccc(C(=O)NCc3ccccc3)c2)cc1. The number of hydrogen-bond donors (Lipinski definition) is 2. The Labute approximate surface area is 165 Å². The van der Waals surface area contributed by atoms with Crippen molar-refractivity contribution in [3.05, 3.63) is 101 Å². The average Bonchev–Trinajstić information content (AvgIpc) is 2.73. The minimum Gasteiger partial charge on any atom is -0.348 e. The van der Waals surface area contributed by atoms with Crippen LogP contribution in [-0.4, -0.2) is 11.8 Å². The summed E-state index contributed by atoms with van der Waals surface area (Å²) >= 11 is 0. The van der Waals surface area contributed by atoms with Crippen LogP contribution in [0.25, 0.3) is 0 Å². The van der Waals surface area contributed by atoms with Crippen LogP contribution in [0, 0.1) is 0 Å². The van der Waals surface area contributed by atoms with Gasteiger partial charge in [0.1, 0.15) is 0 Å². The van der Waals surface area contributed by atoms with E-state index in [2.05, 4.69) is 24.5 Å². The molecule has 0 fully saturated rings. The molecule has 0 radical (unpaired) electrons. The molecule has 28 heavy (non-hydrogen) atoms. The Hall–Kier alpha value is -3.40. The summed E-state index contributed by atoms with van der Waals surface area (Å²) in [5.74, 6) is 0.0431. The molecule has 0 bridgehead atoms. The van der Waals surface area contributed by atoms with Gasteiger partial charge in [-0.3, -0.25) is 9.59 Å². The molecule has 0 aliphatic heterocycles. The zero-order valence-electron chi connectivity index (χ0n) is 16.1. The van der Waals surface area contributed by atoms with E-state index in [1.54, 1.807) is 24.3 Å². The molecule has 0 aromatic heterocycles. The molecule has 2 amide bonds. The number of rotatable bonds is 6. The third-order valence-electron chi connectivity index (χ3n) is 4.52. The highest BCUT2D eigenvalue weighted by atomic mass is 16.2. The molecule has 3 aromatic carbocycles. The molecule has 0 heterocycles. The Morgan fingerprint density at radius 3 is 2.18 bits per heavy atom. The lowest BCUT2D eigenvalue weighted by atomic mass is 10.0. The molecular formula is C24H24N2O2. The molecule has 0 saturated carbocycles. The van der Waals surface area contributed by atoms with E-state index in [1.165, 1.54) is 5.56 Å². The van der Waals surface area contributed by atoms with Crippen LogP contribution in [0.4, 0.5) is 5.69 Å². The fourth-order valence-corrected chi connectivity index (χ4v) is 2.84. The summed E-state index contributed by atoms with van der Waals surface area (Å²) in [5.41, 5.74) is 3.90. The van der Waals surface area contributed by atoms with Gasteiger partial charge in [0.05, 0.1) is 0 Å². The van der Waals surface area contributed by atoms with Crippen molar-refractivity contribution in [2.75, 3.05) is 5.32 Å². The van der Waals surface area contributed by atoms with Gasteiger partial charge >= 0.3 is 0 Å². The second kappa shape index (κ2) is 9.00. The van der Waals surface area contributed by atoms with Crippen molar-refractivity contribution >= 4 is 17.5 Å². The average molecular weight is 372 g/mol. The molecular weight excluding hydrogens is 348 g/mol. The van der Waals surface area contributed by atoms with Crippen LogP contribution >= 0.6 is 0 Å². The van der Waals surface area contributed by atoms with Gasteiger partial charge in [-0.15, -0.1) is 0 Å². The lowest BCUT2D eigenvalue weighted by molar-refractivity contribution is 0.0949. The Morgan fingerprint density at radius 1 is 0.786 bits per heavy atom. The van der Waals surface area contributed by atoms with Crippen molar-refractivity contribution in [2.45, 2.75) is 26.3 Å². The predicted octanol–water partition coefficient (Wildman–Crippen LogP) is 4.99. The molecule has 0 aliphatic rings. The van der Waals surface area contributed by atoms with Crippen molar-refractivity contribution in [3.63, 3.8) is 0 Å². The standard InChI is InChI=1S/C24H24N2O2/c1-17(2)19-11-13-20(14-12-19)24(28)26-22-10-6-9-21(15-22)23(27)25-16-18-7-4-3-5-8-18/h3-15,17H,16H2,1-2H3,(H,25,27)(H,26,28). The summed E-state index contributed by atoms with van der Waals surface area (Å²) in [4.78, 5) is 24.9. The topological polar surface area (TPSA) is 58.2 Å². The van der Waals surface area contributed by atoms with Gasteiger partial charge in [0.2, 0.25) is 0 Å². The monoisotopic (exact) mass is 372 g/mol. The maximum Gasteiger partial charge on any atom is 0.255 e. The maximum absolute atomic E-state index is 12.5. The van der Waals surface area contributed by atoms with Gasteiger partial charge in [0.25, 0.3) is 11.8 Å². The molecule has 0 saturated heterocycles. The first-order chi connectivity index (χ1) is 13.5. The minimum absolute atomic E-state index is 0.179. The van der Waals surface area contributed by atoms with Gasteiger partial charge in [0.15, 0.2) is 0 Å². The first-order valence-corrected chi connectivity index (χ1v) is 9.36. The van der Waals surface area contributed by atoms with Gasteiger partial charge in [0, 0.05) is 23.4 Å². The molecule has 0 unspecified atom stereocenters. The van der Waals surface area contributed by atoms with E-state index in [0.717, 1.165) is 5.56 Å². The van der Waals surface area contributed by atoms with Gasteiger partial charge in [-0.25, -0.2) is 0 Å². The van der Waals surface area contributed by atoms with Crippen LogP contribution < -0.4 is 10.6 Å². The molecule has 142 valence electrons. The number of carbonyl (C=O) groups excluding carboxylic acids is 2. The highest BCUT2D eigenvalue weighted by molar-refractivity contribution is 6.05. The zero-order chi connectivity index (χ0) is 19.9. The van der Waals surface area contributed by atoms with Crippen molar-refractivity contribution < 1.29 is 9.59 Å². The van der Waals surface area contributed by atoms with E-state index in [1.807, 2.05) is 54.6 Å². The van der Waals surface area contributed by atoms with Gasteiger partial charge in [-0.1, -0.05) is 62.4 Å². The third-order valence-corrected chi connectivity index (χ3v) is 4.52. The van der Waals surface area contributed by atoms with E-state index in [4.69, 9.17) is 0 Å². The minimum atomic E-state index is -0.197. The number of benzene rings is 3. The lowest BCUT2D eigenvalue weighted by Gasteiger charge is -2.10. The largest absolute Gasteiger partial charge is 0.348 e. The van der Waals surface area contributed by atoms with Crippen LogP contribution in [-0.2, 0) is 6.54 Å². The molecule has 3 aromatic rings. The molecule has 4 heteroatoms. The Balaban J connectivity index is 1.63. The second-order valence-corrected chi connectivity index (χ2v) is 6.98. The van der Waals surface area contributed by atoms with Crippen molar-refractivity contribution in [1.82, 2.24) is 5.32 Å². The number of nitrogens with one attached hydrogen (secondary N) is 2. The Kier molecular flexibility index (Phi) is 6.22. The summed E-state index contributed by atoms with van der Waals surface area (Å²) in [5, 5.41) is 5.75. The van der Waals surface area contributed by atoms with Gasteiger partial charge in [-0.05, 0) is 47.4 Å². The van der Waals surface area contributed by atoms with E-state index >= 15 is 0 Å². The molecule has 0 spiro atoms. The first kappa shape index (κ1) is 19.4. The predicted molar refractivity (Wildman–Crippen MR) is 113 cm³/mol. The highest BCUT2D eigenvalue weighted by Gasteiger charge is 2.10. The number of amides is 2. The van der Waals surface area contributed by atoms with Crippen LogP contribution in [0.15, 0.2) is 78.9 Å². The zero-order valence-corrected chi connectivity index (χ0v) is 16.1. The van der Waals surface area contributed by atoms with Crippen LogP contribution in [0.2, 0.25) is 0 Å². The van der Waals surface area contributed by atoms with E-state index in [0.29, 0.717) is 29.3 Å². The summed E-state index contributed by atoms with van der Waals surface area (Å²) in [6.07, 6.45) is 0. The second-order valence-electron chi connectivity index (χ2n) is 6.98. The summed E-state index contributed by atoms with van der Waals surface area (Å²) < 4.78 is 0. The van der Waals surface area contributed by atoms with E-state index in [9.17, 15) is 9.59 Å². The quantitative estimate of drug-likeness (QED) is 0.640. The Bertz CT molecular complexity index is 948. The Morgan fingerprint density at radius 2 is 1.50 bits per heavy atom. The fourth-order valence-electron chi connectivity index (χ4n) is 2.84. The molecule has 0 aliphatic carbocycles. The normalized spacial score (nSPS) is 10.5. The number of hydrogen-bond acceptors (Lipinski definition) is 2. The molecule has 4 nitrogen and oxygen atoms in total. The van der Waals surface area contributed by atoms with Gasteiger partial charge < -0.3 is 10.6 Å². The molecule has 0 atom stereocenters. The highest BCUT2D eigenvalue weighted by Crippen LogP contribution is 2.16. The summed E-state index contributed by atoms with van der Waals surface area (Å²) in [7, 11) is 0. The smallest absolute Gasteiger partial charge is 0.255 e. The van der Waals surface area contributed by atoms with Crippen LogP contribution in [0.5, 0.6) is 0 Å². The van der Waals surface area contributed by atoms with Crippen molar-refractivity contribution in [3.8, 4) is 0 Å². The van der Waals surface area contributed by atoms with E-state index in [-0.39, 0.29) is 11.8 Å². The van der Waals surface area contributed by atoms with Crippen LogP contribution in [0.3, 0.4) is 0 Å². The van der Waals surface area contributed by atoms with Gasteiger partial charge in [-0.2, -0.15) is 0 Å². The molecule has 3 rings (SSSR count). The maximum atomic E-state index is 12.5. The number of carbonyl (C=O) groups is 2. The lowest BCUT2D eigenvalue weighted by Crippen LogP contribution is -2.23. The van der Waals surface area contributed by atoms with Crippen molar-refractivity contribution in [1.29, 1.82) is 0 Å².